The molecule has 0 aromatic heterocycles. The highest BCUT2D eigenvalue weighted by molar-refractivity contribution is 7.89. The number of nitrogens with one attached hydrogen (secondary N) is 1. The lowest BCUT2D eigenvalue weighted by Crippen LogP contribution is -2.38. The van der Waals surface area contributed by atoms with Gasteiger partial charge in [0.05, 0.1) is 5.75 Å². The quantitative estimate of drug-likeness (QED) is 0.522. The normalized spacial score (nSPS) is 12.5. The van der Waals surface area contributed by atoms with Gasteiger partial charge in [-0.3, -0.25) is 0 Å². The summed E-state index contributed by atoms with van der Waals surface area (Å²) in [5.74, 6) is 0.201. The summed E-state index contributed by atoms with van der Waals surface area (Å²) < 4.78 is 26.0. The van der Waals surface area contributed by atoms with Crippen molar-refractivity contribution in [3.8, 4) is 0 Å². The second kappa shape index (κ2) is 11.5. The van der Waals surface area contributed by atoms with Crippen molar-refractivity contribution in [1.29, 1.82) is 0 Å². The molecular weight excluding hydrogens is 274 g/mol. The molecule has 0 aromatic rings. The molecule has 0 aliphatic heterocycles. The van der Waals surface area contributed by atoms with E-state index in [1.165, 1.54) is 0 Å². The Balaban J connectivity index is 4.15. The molecule has 0 aliphatic carbocycles. The van der Waals surface area contributed by atoms with Gasteiger partial charge in [-0.25, -0.2) is 12.7 Å². The van der Waals surface area contributed by atoms with Gasteiger partial charge in [-0.1, -0.05) is 27.7 Å². The largest absolute Gasteiger partial charge is 0.316 e. The molecule has 0 saturated carbocycles. The van der Waals surface area contributed by atoms with Gasteiger partial charge in [0.1, 0.15) is 0 Å². The van der Waals surface area contributed by atoms with Gasteiger partial charge >= 0.3 is 0 Å². The molecule has 0 saturated heterocycles. The first-order valence-electron chi connectivity index (χ1n) is 7.92. The number of rotatable bonds is 13. The van der Waals surface area contributed by atoms with Crippen LogP contribution in [-0.4, -0.2) is 69.2 Å². The summed E-state index contributed by atoms with van der Waals surface area (Å²) in [6.07, 6.45) is 1.93. The molecule has 0 aromatic carbocycles. The zero-order valence-electron chi connectivity index (χ0n) is 13.7. The molecule has 1 N–H and O–H groups in total. The molecule has 0 radical (unpaired) electrons. The van der Waals surface area contributed by atoms with E-state index in [0.29, 0.717) is 19.6 Å². The molecule has 20 heavy (non-hydrogen) atoms. The van der Waals surface area contributed by atoms with E-state index in [9.17, 15) is 8.42 Å². The van der Waals surface area contributed by atoms with Crippen molar-refractivity contribution in [2.45, 2.75) is 40.5 Å². The van der Waals surface area contributed by atoms with Crippen LogP contribution in [0, 0.1) is 0 Å². The van der Waals surface area contributed by atoms with Crippen LogP contribution in [-0.2, 0) is 10.0 Å². The summed E-state index contributed by atoms with van der Waals surface area (Å²) in [6.45, 7) is 13.9. The second-order valence-corrected chi connectivity index (χ2v) is 7.03. The maximum atomic E-state index is 12.2. The van der Waals surface area contributed by atoms with Gasteiger partial charge in [0.25, 0.3) is 0 Å². The number of hydrogen-bond acceptors (Lipinski definition) is 4. The van der Waals surface area contributed by atoms with Gasteiger partial charge < -0.3 is 10.2 Å². The Kier molecular flexibility index (Phi) is 11.4. The smallest absolute Gasteiger partial charge is 0.215 e. The molecule has 0 bridgehead atoms. The second-order valence-electron chi connectivity index (χ2n) is 4.94. The minimum Gasteiger partial charge on any atom is -0.316 e. The van der Waals surface area contributed by atoms with Gasteiger partial charge in [-0.2, -0.15) is 0 Å². The molecule has 0 atom stereocenters. The zero-order chi connectivity index (χ0) is 15.4. The summed E-state index contributed by atoms with van der Waals surface area (Å²) >= 11 is 0. The summed E-state index contributed by atoms with van der Waals surface area (Å²) in [5, 5.41) is 3.15. The predicted octanol–water partition coefficient (Wildman–Crippen LogP) is 1.37. The number of nitrogens with zero attached hydrogens (tertiary/aromatic N) is 2. The standard InChI is InChI=1S/C14H33N3O2S/c1-5-10-15-11-14-20(18,19)17(8-4)13-9-12-16(6-2)7-3/h15H,5-14H2,1-4H3. The molecule has 0 unspecified atom stereocenters. The monoisotopic (exact) mass is 307 g/mol. The number of hydrogen-bond donors (Lipinski definition) is 1. The molecule has 122 valence electrons. The Bertz CT molecular complexity index is 316. The van der Waals surface area contributed by atoms with Crippen LogP contribution in [0.2, 0.25) is 0 Å². The van der Waals surface area contributed by atoms with E-state index in [4.69, 9.17) is 0 Å². The van der Waals surface area contributed by atoms with Crippen molar-refractivity contribution < 1.29 is 8.42 Å². The summed E-state index contributed by atoms with van der Waals surface area (Å²) in [5.41, 5.74) is 0. The van der Waals surface area contributed by atoms with E-state index >= 15 is 0 Å². The van der Waals surface area contributed by atoms with Crippen molar-refractivity contribution in [2.75, 3.05) is 51.6 Å². The molecule has 0 spiro atoms. The van der Waals surface area contributed by atoms with E-state index in [-0.39, 0.29) is 5.75 Å². The highest BCUT2D eigenvalue weighted by atomic mass is 32.2. The molecule has 0 aliphatic rings. The van der Waals surface area contributed by atoms with Crippen LogP contribution in [0.1, 0.15) is 40.5 Å². The van der Waals surface area contributed by atoms with Gasteiger partial charge in [0.15, 0.2) is 0 Å². The number of sulfonamides is 1. The maximum Gasteiger partial charge on any atom is 0.215 e. The lowest BCUT2D eigenvalue weighted by Gasteiger charge is -2.23. The minimum absolute atomic E-state index is 0.201. The lowest BCUT2D eigenvalue weighted by atomic mass is 10.3. The minimum atomic E-state index is -3.11. The molecule has 0 amide bonds. The first-order valence-corrected chi connectivity index (χ1v) is 9.53. The molecule has 0 rings (SSSR count). The molecule has 0 heterocycles. The highest BCUT2D eigenvalue weighted by Gasteiger charge is 2.19. The summed E-state index contributed by atoms with van der Waals surface area (Å²) in [6, 6.07) is 0. The molecule has 5 nitrogen and oxygen atoms in total. The van der Waals surface area contributed by atoms with Gasteiger partial charge in [0.2, 0.25) is 10.0 Å². The first kappa shape index (κ1) is 19.8. The van der Waals surface area contributed by atoms with Gasteiger partial charge in [-0.05, 0) is 39.0 Å². The fourth-order valence-corrected chi connectivity index (χ4v) is 3.60. The van der Waals surface area contributed by atoms with E-state index in [0.717, 1.165) is 39.0 Å². The highest BCUT2D eigenvalue weighted by Crippen LogP contribution is 2.03. The Morgan fingerprint density at radius 2 is 1.55 bits per heavy atom. The van der Waals surface area contributed by atoms with Gasteiger partial charge in [-0.15, -0.1) is 0 Å². The van der Waals surface area contributed by atoms with Gasteiger partial charge in [0, 0.05) is 19.6 Å². The van der Waals surface area contributed by atoms with Crippen molar-refractivity contribution in [1.82, 2.24) is 14.5 Å². The summed E-state index contributed by atoms with van der Waals surface area (Å²) in [7, 11) is -3.11. The fourth-order valence-electron chi connectivity index (χ4n) is 2.14. The average Bonchev–Trinajstić information content (AvgIpc) is 2.43. The third-order valence-electron chi connectivity index (χ3n) is 3.49. The van der Waals surface area contributed by atoms with E-state index in [2.05, 4.69) is 31.0 Å². The van der Waals surface area contributed by atoms with Crippen molar-refractivity contribution in [3.63, 3.8) is 0 Å². The molecule has 6 heteroatoms. The van der Waals surface area contributed by atoms with Crippen molar-refractivity contribution >= 4 is 10.0 Å². The third kappa shape index (κ3) is 8.19. The van der Waals surface area contributed by atoms with Crippen LogP contribution >= 0.6 is 0 Å². The zero-order valence-corrected chi connectivity index (χ0v) is 14.5. The lowest BCUT2D eigenvalue weighted by molar-refractivity contribution is 0.285. The van der Waals surface area contributed by atoms with Crippen LogP contribution in [0.3, 0.4) is 0 Å². The van der Waals surface area contributed by atoms with E-state index in [1.54, 1.807) is 4.31 Å². The van der Waals surface area contributed by atoms with Crippen LogP contribution in [0.15, 0.2) is 0 Å². The van der Waals surface area contributed by atoms with E-state index in [1.807, 2.05) is 6.92 Å². The fraction of sp³-hybridized carbons (Fsp3) is 1.00. The predicted molar refractivity (Wildman–Crippen MR) is 86.6 cm³/mol. The Morgan fingerprint density at radius 3 is 2.05 bits per heavy atom. The van der Waals surface area contributed by atoms with E-state index < -0.39 is 10.0 Å². The van der Waals surface area contributed by atoms with Crippen LogP contribution in [0.25, 0.3) is 0 Å². The Hall–Kier alpha value is -0.170. The van der Waals surface area contributed by atoms with Crippen LogP contribution in [0.5, 0.6) is 0 Å². The molecular formula is C14H33N3O2S. The Labute approximate surface area is 125 Å². The maximum absolute atomic E-state index is 12.2. The average molecular weight is 308 g/mol. The first-order chi connectivity index (χ1) is 9.51. The van der Waals surface area contributed by atoms with Crippen LogP contribution < -0.4 is 5.32 Å². The SMILES string of the molecule is CCCNCCS(=O)(=O)N(CC)CCCN(CC)CC. The third-order valence-corrected chi connectivity index (χ3v) is 5.43. The van der Waals surface area contributed by atoms with Crippen LogP contribution in [0.4, 0.5) is 0 Å². The Morgan fingerprint density at radius 1 is 0.900 bits per heavy atom. The summed E-state index contributed by atoms with van der Waals surface area (Å²) in [4.78, 5) is 2.32. The topological polar surface area (TPSA) is 52.7 Å². The van der Waals surface area contributed by atoms with Crippen molar-refractivity contribution in [2.24, 2.45) is 0 Å². The molecule has 0 fully saturated rings. The van der Waals surface area contributed by atoms with Crippen molar-refractivity contribution in [3.05, 3.63) is 0 Å².